The van der Waals surface area contributed by atoms with E-state index >= 15 is 0 Å². The van der Waals surface area contributed by atoms with Crippen molar-refractivity contribution in [1.29, 1.82) is 0 Å². The van der Waals surface area contributed by atoms with Crippen LogP contribution in [0.4, 0.5) is 4.39 Å². The van der Waals surface area contributed by atoms with Crippen LogP contribution >= 0.6 is 11.6 Å². The molecule has 0 spiro atoms. The molecular weight excluding hydrogens is 373 g/mol. The average molecular weight is 390 g/mol. The molecule has 0 saturated carbocycles. The lowest BCUT2D eigenvalue weighted by atomic mass is 9.98. The summed E-state index contributed by atoms with van der Waals surface area (Å²) in [5.41, 5.74) is 1.52. The third-order valence-corrected chi connectivity index (χ3v) is 4.88. The van der Waals surface area contributed by atoms with E-state index in [1.807, 2.05) is 0 Å². The zero-order valence-corrected chi connectivity index (χ0v) is 15.7. The van der Waals surface area contributed by atoms with Crippen LogP contribution < -0.4 is 4.74 Å². The van der Waals surface area contributed by atoms with Crippen molar-refractivity contribution >= 4 is 34.4 Å². The summed E-state index contributed by atoms with van der Waals surface area (Å²) in [5.74, 6) is -2.98. The number of carbonyl (C=O) groups excluding carboxylic acids is 1. The quantitative estimate of drug-likeness (QED) is 0.706. The summed E-state index contributed by atoms with van der Waals surface area (Å²) in [6, 6.07) is 8.91. The van der Waals surface area contributed by atoms with E-state index in [1.54, 1.807) is 31.2 Å². The van der Waals surface area contributed by atoms with Gasteiger partial charge in [0.05, 0.1) is 18.5 Å². The zero-order chi connectivity index (χ0) is 19.9. The van der Waals surface area contributed by atoms with E-state index in [9.17, 15) is 19.1 Å². The van der Waals surface area contributed by atoms with Gasteiger partial charge in [-0.15, -0.1) is 0 Å². The maximum atomic E-state index is 14.3. The number of hydrogen-bond donors (Lipinski definition) is 1. The van der Waals surface area contributed by atoms with Gasteiger partial charge in [-0.3, -0.25) is 14.2 Å². The number of methoxy groups -OCH3 is 1. The van der Waals surface area contributed by atoms with Gasteiger partial charge in [-0.25, -0.2) is 4.39 Å². The molecule has 0 fully saturated rings. The molecule has 1 unspecified atom stereocenters. The first-order valence-electron chi connectivity index (χ1n) is 8.17. The number of rotatable bonds is 4. The number of ether oxygens (including phenoxy) is 1. The van der Waals surface area contributed by atoms with Gasteiger partial charge >= 0.3 is 5.97 Å². The molecule has 1 heterocycles. The summed E-state index contributed by atoms with van der Waals surface area (Å²) in [7, 11) is 1.33. The van der Waals surface area contributed by atoms with Gasteiger partial charge in [-0.1, -0.05) is 11.6 Å². The van der Waals surface area contributed by atoms with Crippen LogP contribution in [0, 0.1) is 12.7 Å². The average Bonchev–Trinajstić information content (AvgIpc) is 2.91. The molecule has 0 aliphatic carbocycles. The van der Waals surface area contributed by atoms with Crippen LogP contribution in [0.3, 0.4) is 0 Å². The van der Waals surface area contributed by atoms with Crippen LogP contribution in [-0.4, -0.2) is 28.7 Å². The summed E-state index contributed by atoms with van der Waals surface area (Å²) >= 11 is 5.88. The topological polar surface area (TPSA) is 68.5 Å². The summed E-state index contributed by atoms with van der Waals surface area (Å²) in [6.07, 6.45) is 0. The molecule has 2 aromatic carbocycles. The Balaban J connectivity index is 2.33. The van der Waals surface area contributed by atoms with E-state index in [0.717, 1.165) is 0 Å². The lowest BCUT2D eigenvalue weighted by Crippen LogP contribution is -2.15. The molecule has 27 heavy (non-hydrogen) atoms. The first-order valence-corrected chi connectivity index (χ1v) is 8.55. The molecule has 0 amide bonds. The standard InChI is InChI=1S/C20H17ClFNO4/c1-10(20(25)26)18-11(2)23(19(24)12-4-6-13(21)7-5-12)16-9-15(22)17(27-3)8-14(16)18/h4-10H,1-3H3,(H,25,26). The van der Waals surface area contributed by atoms with Crippen molar-refractivity contribution in [2.45, 2.75) is 19.8 Å². The minimum Gasteiger partial charge on any atom is -0.494 e. The van der Waals surface area contributed by atoms with Crippen LogP contribution in [0.15, 0.2) is 36.4 Å². The number of carboxylic acids is 1. The van der Waals surface area contributed by atoms with Gasteiger partial charge in [-0.2, -0.15) is 0 Å². The van der Waals surface area contributed by atoms with Crippen molar-refractivity contribution in [3.63, 3.8) is 0 Å². The Kier molecular flexibility index (Phi) is 4.93. The monoisotopic (exact) mass is 389 g/mol. The highest BCUT2D eigenvalue weighted by atomic mass is 35.5. The van der Waals surface area contributed by atoms with Gasteiger partial charge in [0, 0.05) is 27.7 Å². The Hall–Kier alpha value is -2.86. The lowest BCUT2D eigenvalue weighted by molar-refractivity contribution is -0.138. The molecule has 3 rings (SSSR count). The first kappa shape index (κ1) is 18.9. The Morgan fingerprint density at radius 3 is 2.41 bits per heavy atom. The van der Waals surface area contributed by atoms with Crippen molar-refractivity contribution in [1.82, 2.24) is 4.57 Å². The molecule has 7 heteroatoms. The van der Waals surface area contributed by atoms with Crippen molar-refractivity contribution in [2.24, 2.45) is 0 Å². The normalized spacial score (nSPS) is 12.2. The van der Waals surface area contributed by atoms with Crippen molar-refractivity contribution in [3.05, 3.63) is 64.1 Å². The molecule has 140 valence electrons. The number of hydrogen-bond acceptors (Lipinski definition) is 3. The molecule has 1 atom stereocenters. The van der Waals surface area contributed by atoms with Gasteiger partial charge in [0.25, 0.3) is 5.91 Å². The van der Waals surface area contributed by atoms with E-state index in [0.29, 0.717) is 27.2 Å². The summed E-state index contributed by atoms with van der Waals surface area (Å²) < 4.78 is 20.7. The molecule has 0 bridgehead atoms. The number of aliphatic carboxylic acids is 1. The van der Waals surface area contributed by atoms with Gasteiger partial charge in [0.1, 0.15) is 0 Å². The van der Waals surface area contributed by atoms with E-state index in [2.05, 4.69) is 0 Å². The molecule has 3 aromatic rings. The van der Waals surface area contributed by atoms with Crippen molar-refractivity contribution < 1.29 is 23.8 Å². The number of carbonyl (C=O) groups is 2. The molecule has 1 N–H and O–H groups in total. The van der Waals surface area contributed by atoms with E-state index < -0.39 is 23.6 Å². The van der Waals surface area contributed by atoms with Gasteiger partial charge < -0.3 is 9.84 Å². The second-order valence-electron chi connectivity index (χ2n) is 6.21. The minimum atomic E-state index is -1.04. The molecule has 5 nitrogen and oxygen atoms in total. The maximum Gasteiger partial charge on any atom is 0.310 e. The maximum absolute atomic E-state index is 14.3. The molecule has 0 aliphatic heterocycles. The SMILES string of the molecule is COc1cc2c(C(C)C(=O)O)c(C)n(C(=O)c3ccc(Cl)cc3)c2cc1F. The van der Waals surface area contributed by atoms with Crippen LogP contribution in [0.5, 0.6) is 5.75 Å². The van der Waals surface area contributed by atoms with Gasteiger partial charge in [0.2, 0.25) is 0 Å². The Labute approximate surface area is 159 Å². The number of nitrogens with zero attached hydrogens (tertiary/aromatic N) is 1. The van der Waals surface area contributed by atoms with Crippen LogP contribution in [-0.2, 0) is 4.79 Å². The van der Waals surface area contributed by atoms with E-state index in [1.165, 1.54) is 30.7 Å². The predicted octanol–water partition coefficient (Wildman–Crippen LogP) is 4.63. The summed E-state index contributed by atoms with van der Waals surface area (Å²) in [6.45, 7) is 3.17. The van der Waals surface area contributed by atoms with Gasteiger partial charge in [-0.05, 0) is 49.7 Å². The van der Waals surface area contributed by atoms with Crippen molar-refractivity contribution in [2.75, 3.05) is 7.11 Å². The second-order valence-corrected chi connectivity index (χ2v) is 6.65. The largest absolute Gasteiger partial charge is 0.494 e. The number of carboxylic acid groups (broad SMARTS) is 1. The minimum absolute atomic E-state index is 0.0163. The fourth-order valence-corrected chi connectivity index (χ4v) is 3.38. The second kappa shape index (κ2) is 7.04. The van der Waals surface area contributed by atoms with Crippen LogP contribution in [0.1, 0.15) is 34.5 Å². The van der Waals surface area contributed by atoms with Crippen LogP contribution in [0.25, 0.3) is 10.9 Å². The van der Waals surface area contributed by atoms with E-state index in [4.69, 9.17) is 16.3 Å². The third-order valence-electron chi connectivity index (χ3n) is 4.62. The molecule has 0 radical (unpaired) electrons. The highest BCUT2D eigenvalue weighted by Gasteiger charge is 2.27. The first-order chi connectivity index (χ1) is 12.8. The van der Waals surface area contributed by atoms with Crippen LogP contribution in [0.2, 0.25) is 5.02 Å². The fourth-order valence-electron chi connectivity index (χ4n) is 3.25. The zero-order valence-electron chi connectivity index (χ0n) is 14.9. The summed E-state index contributed by atoms with van der Waals surface area (Å²) in [4.78, 5) is 24.7. The Bertz CT molecular complexity index is 1060. The highest BCUT2D eigenvalue weighted by Crippen LogP contribution is 2.36. The lowest BCUT2D eigenvalue weighted by Gasteiger charge is -2.09. The number of fused-ring (bicyclic) bond motifs is 1. The molecule has 1 aromatic heterocycles. The fraction of sp³-hybridized carbons (Fsp3) is 0.200. The van der Waals surface area contributed by atoms with Crippen molar-refractivity contribution in [3.8, 4) is 5.75 Å². The number of aromatic nitrogens is 1. The highest BCUT2D eigenvalue weighted by molar-refractivity contribution is 6.30. The number of benzene rings is 2. The Morgan fingerprint density at radius 1 is 1.22 bits per heavy atom. The number of halogens is 2. The predicted molar refractivity (Wildman–Crippen MR) is 100 cm³/mol. The Morgan fingerprint density at radius 2 is 1.85 bits per heavy atom. The van der Waals surface area contributed by atoms with E-state index in [-0.39, 0.29) is 11.3 Å². The smallest absolute Gasteiger partial charge is 0.310 e. The molecular formula is C20H17ClFNO4. The molecule has 0 saturated heterocycles. The molecule has 0 aliphatic rings. The third kappa shape index (κ3) is 3.17. The van der Waals surface area contributed by atoms with Gasteiger partial charge in [0.15, 0.2) is 11.6 Å². The summed E-state index contributed by atoms with van der Waals surface area (Å²) in [5, 5.41) is 10.4.